The first-order valence-corrected chi connectivity index (χ1v) is 21.3. The van der Waals surface area contributed by atoms with Crippen LogP contribution in [0.2, 0.25) is 0 Å². The van der Waals surface area contributed by atoms with E-state index in [-0.39, 0.29) is 0 Å². The van der Waals surface area contributed by atoms with Crippen LogP contribution in [-0.2, 0) is 0 Å². The van der Waals surface area contributed by atoms with Gasteiger partial charge >= 0.3 is 0 Å². The van der Waals surface area contributed by atoms with Gasteiger partial charge in [-0.15, -0.1) is 0 Å². The summed E-state index contributed by atoms with van der Waals surface area (Å²) in [6.45, 7) is 0. The summed E-state index contributed by atoms with van der Waals surface area (Å²) in [7, 11) is 0. The van der Waals surface area contributed by atoms with Crippen molar-refractivity contribution in [3.05, 3.63) is 213 Å². The first kappa shape index (κ1) is 35.8. The first-order valence-electron chi connectivity index (χ1n) is 21.3. The van der Waals surface area contributed by atoms with E-state index in [2.05, 4.69) is 154 Å². The molecule has 0 atom stereocenters. The number of hydrogen-bond donors (Lipinski definition) is 0. The molecule has 1 aliphatic rings. The lowest BCUT2D eigenvalue weighted by Gasteiger charge is -2.31. The summed E-state index contributed by atoms with van der Waals surface area (Å²) in [5, 5.41) is 4.43. The Bertz CT molecular complexity index is 3670. The standard InChI is InChI=1S/C56H35N7O/c1-4-16-36(17-5-1)39-32-40(37-18-6-2-7-19-37)34-41(33-39)61-46-25-13-11-23-44(46)52-49(61)29-28-43-42-22-10-12-24-45(42)63(53(43)52)56-59-54(38-20-8-3-9-21-38)58-55(60-56)62-47-26-14-15-27-50(47)64-51-35-57-31-30-48(51)62/h1-35H. The van der Waals surface area contributed by atoms with Crippen molar-refractivity contribution >= 4 is 60.9 Å². The Balaban J connectivity index is 1.13. The van der Waals surface area contributed by atoms with E-state index in [1.807, 2.05) is 65.6 Å². The van der Waals surface area contributed by atoms with Crippen LogP contribution >= 0.6 is 0 Å². The summed E-state index contributed by atoms with van der Waals surface area (Å²) in [5.74, 6) is 2.80. The summed E-state index contributed by atoms with van der Waals surface area (Å²) in [4.78, 5) is 22.5. The Kier molecular flexibility index (Phi) is 8.04. The van der Waals surface area contributed by atoms with Gasteiger partial charge in [0, 0.05) is 39.0 Å². The SMILES string of the molecule is c1ccc(-c2cc(-c3ccccc3)cc(-n3c4ccccc4c4c3ccc3c5ccccc5n(-c5nc(-c6ccccc6)nc(N6c7ccccc7Oc7cnccc76)n5)c34)c2)cc1. The highest BCUT2D eigenvalue weighted by atomic mass is 16.5. The van der Waals surface area contributed by atoms with Crippen LogP contribution in [0.1, 0.15) is 0 Å². The van der Waals surface area contributed by atoms with Crippen molar-refractivity contribution in [2.24, 2.45) is 0 Å². The van der Waals surface area contributed by atoms with E-state index >= 15 is 0 Å². The maximum atomic E-state index is 6.37. The third-order valence-electron chi connectivity index (χ3n) is 12.2. The zero-order chi connectivity index (χ0) is 42.1. The van der Waals surface area contributed by atoms with Crippen molar-refractivity contribution in [2.75, 3.05) is 4.90 Å². The third kappa shape index (κ3) is 5.63. The molecule has 5 heterocycles. The van der Waals surface area contributed by atoms with Gasteiger partial charge in [0.05, 0.1) is 39.6 Å². The predicted octanol–water partition coefficient (Wildman–Crippen LogP) is 14.0. The quantitative estimate of drug-likeness (QED) is 0.166. The first-order chi connectivity index (χ1) is 31.7. The van der Waals surface area contributed by atoms with Gasteiger partial charge in [0.2, 0.25) is 11.9 Å². The summed E-state index contributed by atoms with van der Waals surface area (Å²) in [6, 6.07) is 69.9. The van der Waals surface area contributed by atoms with Crippen LogP contribution in [0.5, 0.6) is 11.5 Å². The third-order valence-corrected chi connectivity index (χ3v) is 12.2. The fourth-order valence-corrected chi connectivity index (χ4v) is 9.43. The minimum absolute atomic E-state index is 0.457. The van der Waals surface area contributed by atoms with Crippen molar-refractivity contribution in [3.63, 3.8) is 0 Å². The van der Waals surface area contributed by atoms with Gasteiger partial charge in [-0.1, -0.05) is 146 Å². The average molecular weight is 822 g/mol. The molecule has 1 aliphatic heterocycles. The topological polar surface area (TPSA) is 73.9 Å². The van der Waals surface area contributed by atoms with Crippen LogP contribution in [0.25, 0.3) is 88.9 Å². The number of aromatic nitrogens is 6. The van der Waals surface area contributed by atoms with E-state index in [1.54, 1.807) is 12.4 Å². The molecule has 0 spiro atoms. The minimum Gasteiger partial charge on any atom is -0.451 e. The second kappa shape index (κ2) is 14.4. The van der Waals surface area contributed by atoms with E-state index in [4.69, 9.17) is 19.7 Å². The zero-order valence-electron chi connectivity index (χ0n) is 34.2. The summed E-state index contributed by atoms with van der Waals surface area (Å²) in [5.41, 5.74) is 12.3. The number of fused-ring (bicyclic) bond motifs is 9. The molecule has 300 valence electrons. The molecule has 8 aromatic carbocycles. The number of ether oxygens (including phenoxy) is 1. The van der Waals surface area contributed by atoms with Crippen LogP contribution in [-0.4, -0.2) is 29.1 Å². The average Bonchev–Trinajstić information content (AvgIpc) is 3.89. The Hall–Kier alpha value is -8.88. The highest BCUT2D eigenvalue weighted by Crippen LogP contribution is 2.50. The summed E-state index contributed by atoms with van der Waals surface area (Å²) in [6.07, 6.45) is 3.50. The number of para-hydroxylation sites is 4. The minimum atomic E-state index is 0.457. The molecule has 0 radical (unpaired) electrons. The molecule has 64 heavy (non-hydrogen) atoms. The molecule has 0 amide bonds. The Morgan fingerprint density at radius 1 is 0.391 bits per heavy atom. The van der Waals surface area contributed by atoms with Gasteiger partial charge < -0.3 is 9.30 Å². The number of anilines is 3. The van der Waals surface area contributed by atoms with Gasteiger partial charge in [-0.2, -0.15) is 15.0 Å². The Labute approximate surface area is 367 Å². The number of nitrogens with zero attached hydrogens (tertiary/aromatic N) is 7. The van der Waals surface area contributed by atoms with Gasteiger partial charge in [0.1, 0.15) is 0 Å². The van der Waals surface area contributed by atoms with Gasteiger partial charge in [-0.05, 0) is 76.9 Å². The fraction of sp³-hybridized carbons (Fsp3) is 0. The van der Waals surface area contributed by atoms with Crippen LogP contribution in [0, 0.1) is 0 Å². The Morgan fingerprint density at radius 3 is 1.72 bits per heavy atom. The molecule has 0 fully saturated rings. The largest absolute Gasteiger partial charge is 0.451 e. The van der Waals surface area contributed by atoms with E-state index in [0.29, 0.717) is 29.2 Å². The second-order valence-corrected chi connectivity index (χ2v) is 15.9. The second-order valence-electron chi connectivity index (χ2n) is 15.9. The highest BCUT2D eigenvalue weighted by molar-refractivity contribution is 6.26. The Morgan fingerprint density at radius 2 is 0.984 bits per heavy atom. The number of pyridine rings is 1. The smallest absolute Gasteiger partial charge is 0.240 e. The lowest BCUT2D eigenvalue weighted by Crippen LogP contribution is -2.20. The van der Waals surface area contributed by atoms with E-state index in [9.17, 15) is 0 Å². The van der Waals surface area contributed by atoms with Crippen molar-refractivity contribution in [1.29, 1.82) is 0 Å². The molecule has 0 N–H and O–H groups in total. The van der Waals surface area contributed by atoms with Crippen LogP contribution in [0.4, 0.5) is 17.3 Å². The van der Waals surface area contributed by atoms with Crippen LogP contribution in [0.3, 0.4) is 0 Å². The molecule has 0 saturated heterocycles. The molecule has 8 heteroatoms. The molecule has 13 rings (SSSR count). The van der Waals surface area contributed by atoms with Crippen LogP contribution < -0.4 is 9.64 Å². The van der Waals surface area contributed by atoms with Gasteiger partial charge in [-0.3, -0.25) is 14.5 Å². The maximum absolute atomic E-state index is 6.37. The van der Waals surface area contributed by atoms with Gasteiger partial charge in [0.25, 0.3) is 0 Å². The van der Waals surface area contributed by atoms with Crippen molar-refractivity contribution in [2.45, 2.75) is 0 Å². The molecule has 8 nitrogen and oxygen atoms in total. The molecule has 4 aromatic heterocycles. The molecule has 0 saturated carbocycles. The molecule has 0 unspecified atom stereocenters. The number of hydrogen-bond acceptors (Lipinski definition) is 6. The summed E-state index contributed by atoms with van der Waals surface area (Å²) < 4.78 is 11.0. The van der Waals surface area contributed by atoms with Crippen molar-refractivity contribution in [1.82, 2.24) is 29.1 Å². The maximum Gasteiger partial charge on any atom is 0.240 e. The molecule has 0 aliphatic carbocycles. The van der Waals surface area contributed by atoms with Crippen molar-refractivity contribution in [3.8, 4) is 56.8 Å². The van der Waals surface area contributed by atoms with Gasteiger partial charge in [-0.25, -0.2) is 0 Å². The summed E-state index contributed by atoms with van der Waals surface area (Å²) >= 11 is 0. The highest BCUT2D eigenvalue weighted by Gasteiger charge is 2.30. The van der Waals surface area contributed by atoms with E-state index in [0.717, 1.165) is 88.5 Å². The lowest BCUT2D eigenvalue weighted by atomic mass is 9.98. The molecule has 12 aromatic rings. The zero-order valence-corrected chi connectivity index (χ0v) is 34.2. The van der Waals surface area contributed by atoms with E-state index < -0.39 is 0 Å². The fourth-order valence-electron chi connectivity index (χ4n) is 9.43. The lowest BCUT2D eigenvalue weighted by molar-refractivity contribution is 0.474. The normalized spacial score (nSPS) is 12.2. The van der Waals surface area contributed by atoms with Gasteiger partial charge in [0.15, 0.2) is 17.3 Å². The number of benzene rings is 8. The van der Waals surface area contributed by atoms with E-state index in [1.165, 1.54) is 0 Å². The number of rotatable bonds is 6. The van der Waals surface area contributed by atoms with Crippen molar-refractivity contribution < 1.29 is 4.74 Å². The monoisotopic (exact) mass is 821 g/mol. The molecule has 0 bridgehead atoms. The molecular formula is C56H35N7O. The molecular weight excluding hydrogens is 787 g/mol. The predicted molar refractivity (Wildman–Crippen MR) is 257 cm³/mol. The van der Waals surface area contributed by atoms with Crippen LogP contribution in [0.15, 0.2) is 213 Å².